The molecule has 0 saturated carbocycles. The van der Waals surface area contributed by atoms with Crippen molar-refractivity contribution in [2.75, 3.05) is 39.7 Å². The molecule has 1 aromatic rings. The molecule has 0 radical (unpaired) electrons. The highest BCUT2D eigenvalue weighted by Crippen LogP contribution is 2.40. The Morgan fingerprint density at radius 1 is 1.25 bits per heavy atom. The van der Waals surface area contributed by atoms with Crippen molar-refractivity contribution in [3.05, 3.63) is 12.0 Å². The van der Waals surface area contributed by atoms with Crippen LogP contribution in [-0.2, 0) is 13.8 Å². The number of nitrogens with zero attached hydrogens (tertiary/aromatic N) is 5. The number of aromatic nitrogens is 2. The van der Waals surface area contributed by atoms with E-state index in [1.54, 1.807) is 33.1 Å². The minimum absolute atomic E-state index is 0.156. The van der Waals surface area contributed by atoms with Gasteiger partial charge in [0.2, 0.25) is 0 Å². The van der Waals surface area contributed by atoms with Gasteiger partial charge in [-0.2, -0.15) is 0 Å². The zero-order valence-corrected chi connectivity index (χ0v) is 16.7. The van der Waals surface area contributed by atoms with E-state index >= 15 is 0 Å². The smallest absolute Gasteiger partial charge is 0.387 e. The summed E-state index contributed by atoms with van der Waals surface area (Å²) in [7, 11) is 2.23. The van der Waals surface area contributed by atoms with Crippen LogP contribution < -0.4 is 4.90 Å². The summed E-state index contributed by atoms with van der Waals surface area (Å²) in [6.07, 6.45) is -4.29. The van der Waals surface area contributed by atoms with Crippen molar-refractivity contribution in [2.45, 2.75) is 30.8 Å². The van der Waals surface area contributed by atoms with Gasteiger partial charge in [0.1, 0.15) is 24.1 Å². The predicted octanol–water partition coefficient (Wildman–Crippen LogP) is -2.02. The number of aliphatic hydroxyl groups excluding tert-OH is 2. The fourth-order valence-corrected chi connectivity index (χ4v) is 3.98. The standard InChI is InChI=1S/C14H24N5O8P/c1-16(2)14-17(3)11-8(12(22)18(14)4)15-6-19(11)13-10(21)9(20)7(27-13)5-26-28(23,24)25/h6-7,9-10,13-14,20-21H,5H2,1-4H3,(H2,23,24,25)/t7-,9-,10-,13-,14?/m1/s1. The van der Waals surface area contributed by atoms with Crippen LogP contribution >= 0.6 is 7.82 Å². The minimum atomic E-state index is -4.76. The van der Waals surface area contributed by atoms with Gasteiger partial charge in [-0.25, -0.2) is 9.55 Å². The van der Waals surface area contributed by atoms with Crippen LogP contribution in [0.1, 0.15) is 16.7 Å². The molecule has 5 atom stereocenters. The Morgan fingerprint density at radius 3 is 2.46 bits per heavy atom. The molecule has 0 aromatic carbocycles. The van der Waals surface area contributed by atoms with Crippen molar-refractivity contribution in [3.8, 4) is 0 Å². The third kappa shape index (κ3) is 3.55. The van der Waals surface area contributed by atoms with Crippen molar-refractivity contribution < 1.29 is 38.6 Å². The normalized spacial score (nSPS) is 31.0. The first-order valence-electron chi connectivity index (χ1n) is 8.39. The summed E-state index contributed by atoms with van der Waals surface area (Å²) < 4.78 is 22.3. The van der Waals surface area contributed by atoms with Crippen molar-refractivity contribution in [2.24, 2.45) is 0 Å². The van der Waals surface area contributed by atoms with E-state index in [0.717, 1.165) is 0 Å². The maximum absolute atomic E-state index is 12.7. The summed E-state index contributed by atoms with van der Waals surface area (Å²) >= 11 is 0. The van der Waals surface area contributed by atoms with Gasteiger partial charge >= 0.3 is 7.82 Å². The number of rotatable bonds is 5. The number of imidazole rings is 1. The molecule has 1 saturated heterocycles. The number of carbonyl (C=O) groups excluding carboxylic acids is 1. The van der Waals surface area contributed by atoms with Crippen LogP contribution in [-0.4, -0.2) is 105 Å². The second-order valence-electron chi connectivity index (χ2n) is 6.99. The Hall–Kier alpha value is -1.57. The number of hydrogen-bond acceptors (Lipinski definition) is 9. The molecular weight excluding hydrogens is 397 g/mol. The number of phosphoric ester groups is 1. The SMILES string of the molecule is CN(C)C1N(C)C(=O)c2ncn([C@@H]3O[C@H](COP(=O)(O)O)[C@@H](O)[C@H]3O)c2N1C. The maximum atomic E-state index is 12.7. The number of ether oxygens (including phenoxy) is 1. The van der Waals surface area contributed by atoms with E-state index < -0.39 is 45.3 Å². The van der Waals surface area contributed by atoms with Gasteiger partial charge in [-0.3, -0.25) is 18.8 Å². The maximum Gasteiger partial charge on any atom is 0.469 e. The molecule has 1 fully saturated rings. The first-order valence-corrected chi connectivity index (χ1v) is 9.92. The molecule has 4 N–H and O–H groups in total. The van der Waals surface area contributed by atoms with Crippen LogP contribution in [0.15, 0.2) is 6.33 Å². The third-order valence-electron chi connectivity index (χ3n) is 4.80. The summed E-state index contributed by atoms with van der Waals surface area (Å²) in [6.45, 7) is -0.617. The average molecular weight is 421 g/mol. The number of anilines is 1. The van der Waals surface area contributed by atoms with Gasteiger partial charge in [0.15, 0.2) is 18.2 Å². The molecular formula is C14H24N5O8P. The van der Waals surface area contributed by atoms with Gasteiger partial charge < -0.3 is 34.5 Å². The fraction of sp³-hybridized carbons (Fsp3) is 0.714. The third-order valence-corrected chi connectivity index (χ3v) is 5.28. The van der Waals surface area contributed by atoms with E-state index in [0.29, 0.717) is 5.82 Å². The molecule has 1 aromatic heterocycles. The lowest BCUT2D eigenvalue weighted by Crippen LogP contribution is -2.59. The highest BCUT2D eigenvalue weighted by molar-refractivity contribution is 7.46. The van der Waals surface area contributed by atoms with Crippen LogP contribution in [0.4, 0.5) is 5.82 Å². The van der Waals surface area contributed by atoms with Gasteiger partial charge in [-0.1, -0.05) is 0 Å². The molecule has 13 nitrogen and oxygen atoms in total. The van der Waals surface area contributed by atoms with Crippen LogP contribution in [0.5, 0.6) is 0 Å². The van der Waals surface area contributed by atoms with Crippen molar-refractivity contribution in [1.82, 2.24) is 19.4 Å². The lowest BCUT2D eigenvalue weighted by molar-refractivity contribution is -0.0519. The summed E-state index contributed by atoms with van der Waals surface area (Å²) in [5.74, 6) is 0.0644. The zero-order valence-electron chi connectivity index (χ0n) is 15.8. The number of hydrogen-bond donors (Lipinski definition) is 4. The van der Waals surface area contributed by atoms with Crippen molar-refractivity contribution in [3.63, 3.8) is 0 Å². The number of aliphatic hydroxyl groups is 2. The molecule has 1 amide bonds. The molecule has 0 bridgehead atoms. The van der Waals surface area contributed by atoms with E-state index in [1.165, 1.54) is 15.8 Å². The largest absolute Gasteiger partial charge is 0.469 e. The van der Waals surface area contributed by atoms with Crippen LogP contribution in [0.25, 0.3) is 0 Å². The first-order chi connectivity index (χ1) is 12.9. The number of carbonyl (C=O) groups is 1. The zero-order chi connectivity index (χ0) is 21.0. The Kier molecular flexibility index (Phi) is 5.55. The van der Waals surface area contributed by atoms with Gasteiger partial charge in [0, 0.05) is 14.1 Å². The molecule has 2 aliphatic heterocycles. The Morgan fingerprint density at radius 2 is 1.89 bits per heavy atom. The van der Waals surface area contributed by atoms with E-state index in [4.69, 9.17) is 14.5 Å². The highest BCUT2D eigenvalue weighted by Gasteiger charge is 2.47. The monoisotopic (exact) mass is 421 g/mol. The number of phosphoric acid groups is 1. The molecule has 28 heavy (non-hydrogen) atoms. The second kappa shape index (κ2) is 7.35. The molecule has 1 unspecified atom stereocenters. The second-order valence-corrected chi connectivity index (χ2v) is 8.23. The van der Waals surface area contributed by atoms with Crippen LogP contribution in [0, 0.1) is 0 Å². The summed E-state index contributed by atoms with van der Waals surface area (Å²) in [6, 6.07) is 0. The van der Waals surface area contributed by atoms with E-state index in [2.05, 4.69) is 9.51 Å². The number of fused-ring (bicyclic) bond motifs is 1. The molecule has 0 spiro atoms. The Labute approximate surface area is 160 Å². The van der Waals surface area contributed by atoms with Crippen molar-refractivity contribution in [1.29, 1.82) is 0 Å². The Balaban J connectivity index is 1.91. The van der Waals surface area contributed by atoms with Gasteiger partial charge in [-0.15, -0.1) is 0 Å². The lowest BCUT2D eigenvalue weighted by atomic mass is 10.1. The van der Waals surface area contributed by atoms with Crippen molar-refractivity contribution >= 4 is 19.5 Å². The first kappa shape index (κ1) is 21.1. The topological polar surface area (TPSA) is 161 Å². The molecule has 3 rings (SSSR count). The van der Waals surface area contributed by atoms with Gasteiger partial charge in [0.25, 0.3) is 5.91 Å². The summed E-state index contributed by atoms with van der Waals surface area (Å²) in [5.41, 5.74) is 0.156. The van der Waals surface area contributed by atoms with Gasteiger partial charge in [0.05, 0.1) is 12.9 Å². The molecule has 14 heteroatoms. The average Bonchev–Trinajstić information content (AvgIpc) is 3.13. The van der Waals surface area contributed by atoms with E-state index in [-0.39, 0.29) is 11.6 Å². The molecule has 3 heterocycles. The van der Waals surface area contributed by atoms with E-state index in [1.807, 2.05) is 4.90 Å². The highest BCUT2D eigenvalue weighted by atomic mass is 31.2. The minimum Gasteiger partial charge on any atom is -0.387 e. The molecule has 2 aliphatic rings. The predicted molar refractivity (Wildman–Crippen MR) is 94.1 cm³/mol. The summed E-state index contributed by atoms with van der Waals surface area (Å²) in [4.78, 5) is 39.5. The molecule has 158 valence electrons. The quantitative estimate of drug-likeness (QED) is 0.388. The van der Waals surface area contributed by atoms with Crippen LogP contribution in [0.3, 0.4) is 0 Å². The van der Waals surface area contributed by atoms with Gasteiger partial charge in [-0.05, 0) is 14.1 Å². The molecule has 0 aliphatic carbocycles. The fourth-order valence-electron chi connectivity index (χ4n) is 3.64. The van der Waals surface area contributed by atoms with Crippen LogP contribution in [0.2, 0.25) is 0 Å². The Bertz CT molecular complexity index is 797. The summed E-state index contributed by atoms with van der Waals surface area (Å²) in [5, 5.41) is 20.6. The van der Waals surface area contributed by atoms with E-state index in [9.17, 15) is 19.6 Å². The number of amides is 1. The lowest BCUT2D eigenvalue weighted by Gasteiger charge is -2.44.